The van der Waals surface area contributed by atoms with E-state index in [1.54, 1.807) is 0 Å². The zero-order valence-corrected chi connectivity index (χ0v) is 29.0. The molecule has 56 heavy (non-hydrogen) atoms. The van der Waals surface area contributed by atoms with Gasteiger partial charge in [0.1, 0.15) is 72.2 Å². The summed E-state index contributed by atoms with van der Waals surface area (Å²) in [5.74, 6) is -3.98. The maximum Gasteiger partial charge on any atom is 0.371 e. The summed E-state index contributed by atoms with van der Waals surface area (Å²) in [6.45, 7) is 0.249. The van der Waals surface area contributed by atoms with Crippen molar-refractivity contribution in [1.29, 1.82) is 0 Å². The van der Waals surface area contributed by atoms with Gasteiger partial charge in [-0.1, -0.05) is 0 Å². The molecule has 3 aliphatic rings. The minimum atomic E-state index is -2.01. The van der Waals surface area contributed by atoms with Crippen molar-refractivity contribution in [2.75, 3.05) is 13.2 Å². The summed E-state index contributed by atoms with van der Waals surface area (Å²) in [5, 5.41) is 115. The van der Waals surface area contributed by atoms with Crippen molar-refractivity contribution >= 4 is 27.9 Å². The highest BCUT2D eigenvalue weighted by Gasteiger charge is 2.50. The van der Waals surface area contributed by atoms with E-state index >= 15 is 0 Å². The molecule has 3 saturated heterocycles. The molecule has 21 heteroatoms. The zero-order valence-electron chi connectivity index (χ0n) is 29.0. The second-order valence-electron chi connectivity index (χ2n) is 13.6. The Bertz CT molecular complexity index is 2130. The van der Waals surface area contributed by atoms with Gasteiger partial charge in [-0.3, -0.25) is 4.79 Å². The fourth-order valence-corrected chi connectivity index (χ4v) is 6.67. The molecular weight excluding hydrogens is 756 g/mol. The maximum atomic E-state index is 12.5. The lowest BCUT2D eigenvalue weighted by Gasteiger charge is -2.45. The van der Waals surface area contributed by atoms with Gasteiger partial charge < -0.3 is 93.4 Å². The lowest BCUT2D eigenvalue weighted by atomic mass is 9.98. The summed E-state index contributed by atoms with van der Waals surface area (Å²) in [6.07, 6.45) is -23.5. The van der Waals surface area contributed by atoms with Gasteiger partial charge in [0.05, 0.1) is 24.7 Å². The molecule has 5 heterocycles. The van der Waals surface area contributed by atoms with Gasteiger partial charge in [-0.25, -0.2) is 4.79 Å². The van der Waals surface area contributed by atoms with E-state index in [9.17, 15) is 65.8 Å². The van der Waals surface area contributed by atoms with Crippen molar-refractivity contribution in [1.82, 2.24) is 0 Å². The lowest BCUT2D eigenvalue weighted by molar-refractivity contribution is -0.359. The second kappa shape index (κ2) is 15.5. The lowest BCUT2D eigenvalue weighted by Crippen LogP contribution is -2.63. The first-order valence-electron chi connectivity index (χ1n) is 17.1. The summed E-state index contributed by atoms with van der Waals surface area (Å²) in [7, 11) is 0. The molecule has 0 unspecified atom stereocenters. The standard InChI is InChI=1S/C35H38O21/c1-10-22(40)26(44)31(56-33-27(45)23(41)16(39)8-49-33)35(51-10)50-9-20-24(42)25(43)28(46)34(54-20)55-30-13-7-19(32(47)48)52-17-5-12(36)6-18(21(13)17)53-29(30)11-2-3-14(37)15(38)4-11/h2-7,10,16,20,22-28,31,33-35,37-46H,8-9H2,1H3,(H,47,48)/t10-,16+,20+,22-,23-,24+,25-,26+,27+,28+,31+,33-,34-,35+/m0/s1. The van der Waals surface area contributed by atoms with Crippen LogP contribution in [0.15, 0.2) is 50.0 Å². The molecule has 11 N–H and O–H groups in total. The largest absolute Gasteiger partial charge is 0.504 e. The molecule has 3 fully saturated rings. The van der Waals surface area contributed by atoms with Crippen LogP contribution in [0.2, 0.25) is 0 Å². The van der Waals surface area contributed by atoms with Gasteiger partial charge in [0, 0.05) is 29.1 Å². The fourth-order valence-electron chi connectivity index (χ4n) is 6.67. The molecule has 21 nitrogen and oxygen atoms in total. The molecule has 4 aromatic rings. The minimum Gasteiger partial charge on any atom is -0.504 e. The first-order chi connectivity index (χ1) is 26.5. The third-order valence-corrected chi connectivity index (χ3v) is 9.77. The van der Waals surface area contributed by atoms with Gasteiger partial charge in [-0.15, -0.1) is 0 Å². The van der Waals surface area contributed by atoms with E-state index in [1.807, 2.05) is 0 Å². The summed E-state index contributed by atoms with van der Waals surface area (Å²) in [6, 6.07) is 6.55. The second-order valence-corrected chi connectivity index (χ2v) is 13.6. The predicted molar refractivity (Wildman–Crippen MR) is 180 cm³/mol. The van der Waals surface area contributed by atoms with Crippen LogP contribution in [-0.2, 0) is 23.7 Å². The third kappa shape index (κ3) is 7.29. The van der Waals surface area contributed by atoms with E-state index in [0.717, 1.165) is 30.3 Å². The molecule has 0 aliphatic carbocycles. The number of aromatic carboxylic acids is 1. The Balaban J connectivity index is 1.21. The normalized spacial score (nSPS) is 35.2. The van der Waals surface area contributed by atoms with Crippen LogP contribution in [0.1, 0.15) is 17.5 Å². The predicted octanol–water partition coefficient (Wildman–Crippen LogP) is -2.19. The molecule has 3 aliphatic heterocycles. The Hall–Kier alpha value is -4.46. The van der Waals surface area contributed by atoms with Crippen LogP contribution in [0.3, 0.4) is 0 Å². The average Bonchev–Trinajstić information content (AvgIpc) is 3.16. The molecule has 0 amide bonds. The van der Waals surface area contributed by atoms with Crippen LogP contribution in [0.5, 0.6) is 17.2 Å². The maximum absolute atomic E-state index is 12.5. The Morgan fingerprint density at radius 2 is 1.46 bits per heavy atom. The topological polar surface area (TPSA) is 338 Å². The van der Waals surface area contributed by atoms with Crippen molar-refractivity contribution in [3.05, 3.63) is 52.4 Å². The number of carboxylic acid groups (broad SMARTS) is 1. The number of aliphatic hydroxyl groups is 8. The zero-order chi connectivity index (χ0) is 40.3. The van der Waals surface area contributed by atoms with E-state index < -0.39 is 128 Å². The van der Waals surface area contributed by atoms with Crippen LogP contribution in [0.25, 0.3) is 33.3 Å². The molecule has 7 rings (SSSR count). The average molecular weight is 795 g/mol. The smallest absolute Gasteiger partial charge is 0.371 e. The van der Waals surface area contributed by atoms with Crippen LogP contribution < -0.4 is 10.2 Å². The van der Waals surface area contributed by atoms with E-state index in [4.69, 9.17) is 37.3 Å². The van der Waals surface area contributed by atoms with Crippen LogP contribution >= 0.6 is 0 Å². The van der Waals surface area contributed by atoms with E-state index in [-0.39, 0.29) is 39.0 Å². The summed E-state index contributed by atoms with van der Waals surface area (Å²) in [4.78, 5) is 24.6. The van der Waals surface area contributed by atoms with Gasteiger partial charge in [0.15, 0.2) is 41.0 Å². The van der Waals surface area contributed by atoms with Crippen LogP contribution in [0.4, 0.5) is 0 Å². The summed E-state index contributed by atoms with van der Waals surface area (Å²) >= 11 is 0. The minimum absolute atomic E-state index is 0.0123. The Morgan fingerprint density at radius 1 is 0.768 bits per heavy atom. The van der Waals surface area contributed by atoms with Crippen LogP contribution in [-0.4, -0.2) is 161 Å². The third-order valence-electron chi connectivity index (χ3n) is 9.77. The number of benzene rings is 2. The molecular formula is C35H38O21. The monoisotopic (exact) mass is 794 g/mol. The number of carbonyl (C=O) groups is 1. The van der Waals surface area contributed by atoms with Gasteiger partial charge in [-0.2, -0.15) is 0 Å². The molecule has 2 aromatic carbocycles. The molecule has 0 saturated carbocycles. The molecule has 304 valence electrons. The number of aliphatic hydroxyl groups excluding tert-OH is 8. The highest BCUT2D eigenvalue weighted by molar-refractivity contribution is 6.11. The number of phenols is 2. The number of hydrogen-bond acceptors (Lipinski definition) is 20. The van der Waals surface area contributed by atoms with Crippen molar-refractivity contribution in [3.63, 3.8) is 0 Å². The van der Waals surface area contributed by atoms with Crippen molar-refractivity contribution < 1.29 is 98.2 Å². The number of carboxylic acids is 1. The Kier molecular flexibility index (Phi) is 11.0. The Morgan fingerprint density at radius 3 is 2.16 bits per heavy atom. The summed E-state index contributed by atoms with van der Waals surface area (Å²) in [5.41, 5.74) is -0.964. The fraction of sp³-hybridized carbons (Fsp3) is 0.486. The first kappa shape index (κ1) is 39.8. The van der Waals surface area contributed by atoms with E-state index in [0.29, 0.717) is 0 Å². The first-order valence-corrected chi connectivity index (χ1v) is 17.1. The molecule has 2 aromatic heterocycles. The van der Waals surface area contributed by atoms with Gasteiger partial charge >= 0.3 is 5.97 Å². The summed E-state index contributed by atoms with van der Waals surface area (Å²) < 4.78 is 45.8. The SMILES string of the molecule is C[C@@H]1O[C@@H](OC[C@H]2O[C@@H](Oc3c(-c4ccc(O)c(O)c4)oc4cc(=O)cc5oc(C(=O)O)cc3c54)[C@H](O)[C@@H](O)[C@@H]2O)[C@H](O[C@@H]2OC[C@@H](O)[C@H](O)[C@H]2O)[C@H](O)[C@H]1O. The van der Waals surface area contributed by atoms with Crippen molar-refractivity contribution in [3.8, 4) is 28.6 Å². The number of ether oxygens (including phenoxy) is 6. The molecule has 0 bridgehead atoms. The highest BCUT2D eigenvalue weighted by Crippen LogP contribution is 2.45. The number of phenolic OH excluding ortho intramolecular Hbond substituents is 2. The highest BCUT2D eigenvalue weighted by atomic mass is 16.8. The van der Waals surface area contributed by atoms with Gasteiger partial charge in [0.2, 0.25) is 12.1 Å². The molecule has 14 atom stereocenters. The van der Waals surface area contributed by atoms with E-state index in [2.05, 4.69) is 0 Å². The van der Waals surface area contributed by atoms with Crippen LogP contribution in [0, 0.1) is 0 Å². The number of rotatable bonds is 9. The molecule has 0 spiro atoms. The number of aromatic hydroxyl groups is 2. The van der Waals surface area contributed by atoms with E-state index in [1.165, 1.54) is 13.0 Å². The molecule has 0 radical (unpaired) electrons. The Labute approximate surface area is 313 Å². The number of hydrogen-bond donors (Lipinski definition) is 11. The van der Waals surface area contributed by atoms with Gasteiger partial charge in [-0.05, 0) is 25.1 Å². The van der Waals surface area contributed by atoms with Gasteiger partial charge in [0.25, 0.3) is 0 Å². The quantitative estimate of drug-likeness (QED) is 0.0802. The van der Waals surface area contributed by atoms with Crippen molar-refractivity contribution in [2.24, 2.45) is 0 Å². The van der Waals surface area contributed by atoms with Crippen molar-refractivity contribution in [2.45, 2.75) is 92.9 Å².